The minimum atomic E-state index is 0.451. The molecule has 0 bridgehead atoms. The van der Waals surface area contributed by atoms with Crippen molar-refractivity contribution in [3.8, 4) is 0 Å². The molecule has 2 heteroatoms. The van der Waals surface area contributed by atoms with E-state index in [0.29, 0.717) is 6.04 Å². The number of nitrogens with zero attached hydrogens (tertiary/aromatic N) is 1. The summed E-state index contributed by atoms with van der Waals surface area (Å²) in [6.45, 7) is 2.06. The molecule has 1 aromatic rings. The lowest BCUT2D eigenvalue weighted by molar-refractivity contribution is 0.382. The van der Waals surface area contributed by atoms with Gasteiger partial charge in [0.2, 0.25) is 0 Å². The van der Waals surface area contributed by atoms with E-state index < -0.39 is 0 Å². The highest BCUT2D eigenvalue weighted by Crippen LogP contribution is 2.34. The van der Waals surface area contributed by atoms with Crippen LogP contribution >= 0.6 is 0 Å². The molecule has 15 heavy (non-hydrogen) atoms. The quantitative estimate of drug-likeness (QED) is 0.819. The number of hydrogen-bond acceptors (Lipinski definition) is 2. The molecule has 0 amide bonds. The zero-order valence-electron chi connectivity index (χ0n) is 9.66. The molecule has 1 atom stereocenters. The summed E-state index contributed by atoms with van der Waals surface area (Å²) < 4.78 is 0. The van der Waals surface area contributed by atoms with Crippen molar-refractivity contribution in [1.82, 2.24) is 10.3 Å². The molecule has 0 saturated heterocycles. The predicted octanol–water partition coefficient (Wildman–Crippen LogP) is 2.84. The molecule has 1 aromatic heterocycles. The first-order valence-corrected chi connectivity index (χ1v) is 5.92. The van der Waals surface area contributed by atoms with Gasteiger partial charge in [-0.2, -0.15) is 0 Å². The second-order valence-electron chi connectivity index (χ2n) is 4.51. The van der Waals surface area contributed by atoms with Crippen LogP contribution in [0.25, 0.3) is 0 Å². The van der Waals surface area contributed by atoms with Gasteiger partial charge in [0, 0.05) is 5.69 Å². The molecule has 1 N–H and O–H groups in total. The number of aryl methyl sites for hydroxylation is 1. The van der Waals surface area contributed by atoms with Gasteiger partial charge in [-0.3, -0.25) is 4.98 Å². The van der Waals surface area contributed by atoms with E-state index in [2.05, 4.69) is 35.4 Å². The zero-order valence-corrected chi connectivity index (χ0v) is 9.66. The normalized spacial score (nSPS) is 19.3. The Bertz CT molecular complexity index is 316. The summed E-state index contributed by atoms with van der Waals surface area (Å²) >= 11 is 0. The van der Waals surface area contributed by atoms with Crippen LogP contribution in [0.4, 0.5) is 0 Å². The Hall–Kier alpha value is -0.890. The van der Waals surface area contributed by atoms with Gasteiger partial charge in [-0.25, -0.2) is 0 Å². The van der Waals surface area contributed by atoms with Crippen molar-refractivity contribution in [2.45, 2.75) is 38.6 Å². The molecular formula is C13H20N2. The smallest absolute Gasteiger partial charge is 0.0579 e. The molecular weight excluding hydrogens is 184 g/mol. The highest BCUT2D eigenvalue weighted by molar-refractivity contribution is 5.14. The Labute approximate surface area is 92.1 Å². The van der Waals surface area contributed by atoms with Gasteiger partial charge in [-0.15, -0.1) is 0 Å². The standard InChI is InChI=1S/C13H20N2/c1-10-6-5-9-12(15-10)13(14-2)11-7-3-4-8-11/h5-6,9,11,13-14H,3-4,7-8H2,1-2H3. The minimum Gasteiger partial charge on any atom is -0.311 e. The third-order valence-corrected chi connectivity index (χ3v) is 3.41. The van der Waals surface area contributed by atoms with E-state index in [4.69, 9.17) is 0 Å². The summed E-state index contributed by atoms with van der Waals surface area (Å²) in [5.41, 5.74) is 2.33. The van der Waals surface area contributed by atoms with Crippen LogP contribution in [0.5, 0.6) is 0 Å². The van der Waals surface area contributed by atoms with Crippen LogP contribution in [0.1, 0.15) is 43.1 Å². The molecule has 1 fully saturated rings. The summed E-state index contributed by atoms with van der Waals surface area (Å²) in [6.07, 6.45) is 5.46. The van der Waals surface area contributed by atoms with Crippen LogP contribution in [0, 0.1) is 12.8 Å². The van der Waals surface area contributed by atoms with Gasteiger partial charge < -0.3 is 5.32 Å². The lowest BCUT2D eigenvalue weighted by atomic mass is 9.95. The maximum absolute atomic E-state index is 4.63. The number of aromatic nitrogens is 1. The molecule has 2 nitrogen and oxygen atoms in total. The van der Waals surface area contributed by atoms with Gasteiger partial charge in [0.05, 0.1) is 11.7 Å². The molecule has 1 aliphatic rings. The maximum Gasteiger partial charge on any atom is 0.0579 e. The predicted molar refractivity (Wildman–Crippen MR) is 62.7 cm³/mol. The Morgan fingerprint density at radius 1 is 1.33 bits per heavy atom. The van der Waals surface area contributed by atoms with E-state index in [1.54, 1.807) is 0 Å². The van der Waals surface area contributed by atoms with Crippen molar-refractivity contribution in [1.29, 1.82) is 0 Å². The second-order valence-corrected chi connectivity index (χ2v) is 4.51. The van der Waals surface area contributed by atoms with Crippen LogP contribution in [-0.2, 0) is 0 Å². The van der Waals surface area contributed by atoms with Crippen molar-refractivity contribution in [2.75, 3.05) is 7.05 Å². The van der Waals surface area contributed by atoms with Gasteiger partial charge in [-0.05, 0) is 44.9 Å². The van der Waals surface area contributed by atoms with E-state index in [0.717, 1.165) is 11.6 Å². The Kier molecular flexibility index (Phi) is 3.37. The minimum absolute atomic E-state index is 0.451. The summed E-state index contributed by atoms with van der Waals surface area (Å²) in [4.78, 5) is 4.63. The second kappa shape index (κ2) is 4.75. The lowest BCUT2D eigenvalue weighted by Gasteiger charge is -2.22. The molecule has 1 heterocycles. The molecule has 1 unspecified atom stereocenters. The molecule has 2 rings (SSSR count). The molecule has 0 aromatic carbocycles. The molecule has 0 radical (unpaired) electrons. The molecule has 0 spiro atoms. The molecule has 0 aliphatic heterocycles. The number of rotatable bonds is 3. The number of nitrogens with one attached hydrogen (secondary N) is 1. The highest BCUT2D eigenvalue weighted by Gasteiger charge is 2.25. The van der Waals surface area contributed by atoms with Gasteiger partial charge in [0.1, 0.15) is 0 Å². The molecule has 82 valence electrons. The van der Waals surface area contributed by atoms with Crippen LogP contribution in [0.15, 0.2) is 18.2 Å². The maximum atomic E-state index is 4.63. The largest absolute Gasteiger partial charge is 0.311 e. The van der Waals surface area contributed by atoms with Crippen LogP contribution in [0.2, 0.25) is 0 Å². The molecule has 1 aliphatic carbocycles. The fourth-order valence-electron chi connectivity index (χ4n) is 2.65. The monoisotopic (exact) mass is 204 g/mol. The van der Waals surface area contributed by atoms with Crippen molar-refractivity contribution in [3.05, 3.63) is 29.6 Å². The zero-order chi connectivity index (χ0) is 10.7. The number of pyridine rings is 1. The van der Waals surface area contributed by atoms with Crippen molar-refractivity contribution in [2.24, 2.45) is 5.92 Å². The van der Waals surface area contributed by atoms with Crippen molar-refractivity contribution in [3.63, 3.8) is 0 Å². The van der Waals surface area contributed by atoms with E-state index in [9.17, 15) is 0 Å². The summed E-state index contributed by atoms with van der Waals surface area (Å²) in [5, 5.41) is 3.42. The number of hydrogen-bond donors (Lipinski definition) is 1. The van der Waals surface area contributed by atoms with E-state index in [1.165, 1.54) is 31.4 Å². The fourth-order valence-corrected chi connectivity index (χ4v) is 2.65. The molecule has 1 saturated carbocycles. The van der Waals surface area contributed by atoms with Crippen molar-refractivity contribution < 1.29 is 0 Å². The summed E-state index contributed by atoms with van der Waals surface area (Å²) in [6, 6.07) is 6.77. The average molecular weight is 204 g/mol. The van der Waals surface area contributed by atoms with Gasteiger partial charge >= 0.3 is 0 Å². The van der Waals surface area contributed by atoms with E-state index >= 15 is 0 Å². The highest BCUT2D eigenvalue weighted by atomic mass is 14.9. The Balaban J connectivity index is 2.18. The van der Waals surface area contributed by atoms with E-state index in [1.807, 2.05) is 7.05 Å². The first kappa shape index (κ1) is 10.6. The van der Waals surface area contributed by atoms with Crippen LogP contribution in [-0.4, -0.2) is 12.0 Å². The first-order chi connectivity index (χ1) is 7.31. The Morgan fingerprint density at radius 2 is 2.07 bits per heavy atom. The van der Waals surface area contributed by atoms with Crippen molar-refractivity contribution >= 4 is 0 Å². The third kappa shape index (κ3) is 2.37. The summed E-state index contributed by atoms with van der Waals surface area (Å²) in [5.74, 6) is 0.782. The van der Waals surface area contributed by atoms with Crippen LogP contribution in [0.3, 0.4) is 0 Å². The fraction of sp³-hybridized carbons (Fsp3) is 0.615. The Morgan fingerprint density at radius 3 is 2.67 bits per heavy atom. The topological polar surface area (TPSA) is 24.9 Å². The first-order valence-electron chi connectivity index (χ1n) is 5.92. The van der Waals surface area contributed by atoms with E-state index in [-0.39, 0.29) is 0 Å². The van der Waals surface area contributed by atoms with Gasteiger partial charge in [0.25, 0.3) is 0 Å². The lowest BCUT2D eigenvalue weighted by Crippen LogP contribution is -2.24. The average Bonchev–Trinajstić information content (AvgIpc) is 2.72. The SMILES string of the molecule is CNC(c1cccc(C)n1)C1CCCC1. The summed E-state index contributed by atoms with van der Waals surface area (Å²) in [7, 11) is 2.05. The van der Waals surface area contributed by atoms with Crippen LogP contribution < -0.4 is 5.32 Å². The van der Waals surface area contributed by atoms with Gasteiger partial charge in [-0.1, -0.05) is 18.9 Å². The third-order valence-electron chi connectivity index (χ3n) is 3.41. The van der Waals surface area contributed by atoms with Gasteiger partial charge in [0.15, 0.2) is 0 Å².